The lowest BCUT2D eigenvalue weighted by Gasteiger charge is -2.09. The number of aryl methyl sites for hydroxylation is 1. The number of halogens is 1. The van der Waals surface area contributed by atoms with Crippen LogP contribution in [0.2, 0.25) is 0 Å². The largest absolute Gasteiger partial charge is 0.392 e. The van der Waals surface area contributed by atoms with E-state index in [9.17, 15) is 9.50 Å². The molecule has 0 amide bonds. The number of aliphatic hydroxyl groups is 1. The van der Waals surface area contributed by atoms with Gasteiger partial charge in [-0.25, -0.2) is 4.39 Å². The molecule has 0 fully saturated rings. The zero-order valence-corrected chi connectivity index (χ0v) is 8.94. The maximum atomic E-state index is 13.0. The van der Waals surface area contributed by atoms with Gasteiger partial charge in [-0.05, 0) is 41.8 Å². The number of nitrogens with zero attached hydrogens (tertiary/aromatic N) is 1. The summed E-state index contributed by atoms with van der Waals surface area (Å²) in [5.41, 5.74) is 3.38. The van der Waals surface area contributed by atoms with E-state index in [0.717, 1.165) is 22.3 Å². The summed E-state index contributed by atoms with van der Waals surface area (Å²) in [4.78, 5) is 4.03. The molecule has 82 valence electrons. The van der Waals surface area contributed by atoms with Crippen molar-refractivity contribution in [1.82, 2.24) is 4.98 Å². The quantitative estimate of drug-likeness (QED) is 0.839. The summed E-state index contributed by atoms with van der Waals surface area (Å²) in [5, 5.41) is 9.22. The average Bonchev–Trinajstić information content (AvgIpc) is 2.29. The third-order valence-corrected chi connectivity index (χ3v) is 2.56. The highest BCUT2D eigenvalue weighted by atomic mass is 19.1. The zero-order chi connectivity index (χ0) is 11.5. The van der Waals surface area contributed by atoms with Gasteiger partial charge in [0.15, 0.2) is 0 Å². The van der Waals surface area contributed by atoms with E-state index in [4.69, 9.17) is 0 Å². The van der Waals surface area contributed by atoms with Crippen molar-refractivity contribution in [3.63, 3.8) is 0 Å². The molecule has 1 N–H and O–H groups in total. The van der Waals surface area contributed by atoms with Crippen molar-refractivity contribution in [2.45, 2.75) is 13.5 Å². The van der Waals surface area contributed by atoms with Crippen LogP contribution in [0.15, 0.2) is 36.7 Å². The Kier molecular flexibility index (Phi) is 2.97. The Balaban J connectivity index is 2.58. The summed E-state index contributed by atoms with van der Waals surface area (Å²) in [6.07, 6.45) is 3.32. The van der Waals surface area contributed by atoms with E-state index in [1.165, 1.54) is 12.1 Å². The Hall–Kier alpha value is -1.74. The molecule has 0 saturated carbocycles. The minimum atomic E-state index is -0.254. The molecule has 0 saturated heterocycles. The molecule has 0 aliphatic carbocycles. The molecule has 2 rings (SSSR count). The highest BCUT2D eigenvalue weighted by Crippen LogP contribution is 2.26. The second kappa shape index (κ2) is 4.41. The number of aromatic nitrogens is 1. The summed E-state index contributed by atoms with van der Waals surface area (Å²) in [6, 6.07) is 6.36. The molecular weight excluding hydrogens is 205 g/mol. The van der Waals surface area contributed by atoms with Gasteiger partial charge in [0.05, 0.1) is 6.61 Å². The molecule has 0 aliphatic rings. The average molecular weight is 217 g/mol. The molecule has 0 atom stereocenters. The maximum Gasteiger partial charge on any atom is 0.123 e. The summed E-state index contributed by atoms with van der Waals surface area (Å²) in [6.45, 7) is 1.79. The monoisotopic (exact) mass is 217 g/mol. The van der Waals surface area contributed by atoms with Gasteiger partial charge in [0, 0.05) is 18.0 Å². The van der Waals surface area contributed by atoms with Gasteiger partial charge in [0.25, 0.3) is 0 Å². The van der Waals surface area contributed by atoms with Gasteiger partial charge < -0.3 is 5.11 Å². The van der Waals surface area contributed by atoms with Gasteiger partial charge in [-0.15, -0.1) is 0 Å². The number of aliphatic hydroxyl groups excluding tert-OH is 1. The van der Waals surface area contributed by atoms with Gasteiger partial charge in [-0.1, -0.05) is 6.07 Å². The first-order valence-electron chi connectivity index (χ1n) is 5.02. The van der Waals surface area contributed by atoms with Crippen molar-refractivity contribution >= 4 is 0 Å². The number of rotatable bonds is 2. The van der Waals surface area contributed by atoms with E-state index < -0.39 is 0 Å². The van der Waals surface area contributed by atoms with E-state index in [2.05, 4.69) is 4.98 Å². The van der Waals surface area contributed by atoms with Crippen molar-refractivity contribution in [2.24, 2.45) is 0 Å². The van der Waals surface area contributed by atoms with Crippen LogP contribution in [0, 0.1) is 12.7 Å². The Morgan fingerprint density at radius 3 is 2.75 bits per heavy atom. The van der Waals surface area contributed by atoms with E-state index in [0.29, 0.717) is 0 Å². The molecule has 1 aromatic carbocycles. The summed E-state index contributed by atoms with van der Waals surface area (Å²) in [5.74, 6) is -0.254. The Morgan fingerprint density at radius 2 is 2.06 bits per heavy atom. The van der Waals surface area contributed by atoms with Gasteiger partial charge in [0.1, 0.15) is 5.82 Å². The summed E-state index contributed by atoms with van der Waals surface area (Å²) < 4.78 is 13.0. The lowest BCUT2D eigenvalue weighted by molar-refractivity contribution is 0.282. The van der Waals surface area contributed by atoms with Crippen LogP contribution >= 0.6 is 0 Å². The van der Waals surface area contributed by atoms with Crippen LogP contribution < -0.4 is 0 Å². The fourth-order valence-electron chi connectivity index (χ4n) is 1.73. The van der Waals surface area contributed by atoms with Crippen LogP contribution in [0.4, 0.5) is 4.39 Å². The molecule has 0 unspecified atom stereocenters. The SMILES string of the molecule is Cc1cc(F)ccc1-c1cnccc1CO. The predicted octanol–water partition coefficient (Wildman–Crippen LogP) is 2.69. The van der Waals surface area contributed by atoms with Crippen LogP contribution in [0.1, 0.15) is 11.1 Å². The predicted molar refractivity (Wildman–Crippen MR) is 60.3 cm³/mol. The fraction of sp³-hybridized carbons (Fsp3) is 0.154. The van der Waals surface area contributed by atoms with Crippen LogP contribution in [0.5, 0.6) is 0 Å². The van der Waals surface area contributed by atoms with E-state index in [1.54, 1.807) is 24.5 Å². The van der Waals surface area contributed by atoms with Crippen LogP contribution in [0.25, 0.3) is 11.1 Å². The van der Waals surface area contributed by atoms with E-state index in [1.807, 2.05) is 6.92 Å². The van der Waals surface area contributed by atoms with Crippen molar-refractivity contribution in [3.8, 4) is 11.1 Å². The highest BCUT2D eigenvalue weighted by Gasteiger charge is 2.07. The van der Waals surface area contributed by atoms with Gasteiger partial charge in [-0.2, -0.15) is 0 Å². The van der Waals surface area contributed by atoms with E-state index >= 15 is 0 Å². The van der Waals surface area contributed by atoms with Crippen LogP contribution in [-0.2, 0) is 6.61 Å². The number of hydrogen-bond acceptors (Lipinski definition) is 2. The number of hydrogen-bond donors (Lipinski definition) is 1. The first-order chi connectivity index (χ1) is 7.72. The lowest BCUT2D eigenvalue weighted by atomic mass is 9.98. The Labute approximate surface area is 93.4 Å². The van der Waals surface area contributed by atoms with Crippen LogP contribution in [0.3, 0.4) is 0 Å². The lowest BCUT2D eigenvalue weighted by Crippen LogP contribution is -1.93. The third kappa shape index (κ3) is 1.95. The molecule has 0 radical (unpaired) electrons. The first-order valence-corrected chi connectivity index (χ1v) is 5.02. The first kappa shape index (κ1) is 10.8. The minimum Gasteiger partial charge on any atom is -0.392 e. The molecule has 0 bridgehead atoms. The van der Waals surface area contributed by atoms with Crippen LogP contribution in [-0.4, -0.2) is 10.1 Å². The molecule has 2 nitrogen and oxygen atoms in total. The second-order valence-electron chi connectivity index (χ2n) is 3.65. The standard InChI is InChI=1S/C13H12FNO/c1-9-6-11(14)2-3-12(9)13-7-15-5-4-10(13)8-16/h2-7,16H,8H2,1H3. The highest BCUT2D eigenvalue weighted by molar-refractivity contribution is 5.69. The minimum absolute atomic E-state index is 0.0470. The molecular formula is C13H12FNO. The number of pyridine rings is 1. The van der Waals surface area contributed by atoms with Crippen molar-refractivity contribution in [1.29, 1.82) is 0 Å². The molecule has 3 heteroatoms. The smallest absolute Gasteiger partial charge is 0.123 e. The Bertz CT molecular complexity index is 511. The normalized spacial score (nSPS) is 10.4. The molecule has 0 spiro atoms. The van der Waals surface area contributed by atoms with Gasteiger partial charge in [0.2, 0.25) is 0 Å². The second-order valence-corrected chi connectivity index (χ2v) is 3.65. The Morgan fingerprint density at radius 1 is 1.25 bits per heavy atom. The fourth-order valence-corrected chi connectivity index (χ4v) is 1.73. The number of benzene rings is 1. The summed E-state index contributed by atoms with van der Waals surface area (Å²) >= 11 is 0. The molecule has 0 aliphatic heterocycles. The van der Waals surface area contributed by atoms with Crippen molar-refractivity contribution in [2.75, 3.05) is 0 Å². The third-order valence-electron chi connectivity index (χ3n) is 2.56. The molecule has 1 aromatic heterocycles. The maximum absolute atomic E-state index is 13.0. The summed E-state index contributed by atoms with van der Waals surface area (Å²) in [7, 11) is 0. The van der Waals surface area contributed by atoms with Crippen molar-refractivity contribution in [3.05, 3.63) is 53.6 Å². The van der Waals surface area contributed by atoms with Crippen molar-refractivity contribution < 1.29 is 9.50 Å². The zero-order valence-electron chi connectivity index (χ0n) is 8.94. The molecule has 16 heavy (non-hydrogen) atoms. The molecule has 2 aromatic rings. The van der Waals surface area contributed by atoms with Gasteiger partial charge in [-0.3, -0.25) is 4.98 Å². The molecule has 1 heterocycles. The topological polar surface area (TPSA) is 33.1 Å². The van der Waals surface area contributed by atoms with Gasteiger partial charge >= 0.3 is 0 Å². The van der Waals surface area contributed by atoms with E-state index in [-0.39, 0.29) is 12.4 Å².